The number of rotatable bonds is 3. The number of aliphatic hydroxyl groups is 1. The molecule has 1 aliphatic carbocycles. The highest BCUT2D eigenvalue weighted by atomic mass is 79.9. The van der Waals surface area contributed by atoms with Crippen LogP contribution in [0.25, 0.3) is 0 Å². The molecule has 0 atom stereocenters. The van der Waals surface area contributed by atoms with Gasteiger partial charge in [-0.2, -0.15) is 0 Å². The lowest BCUT2D eigenvalue weighted by Gasteiger charge is -2.34. The van der Waals surface area contributed by atoms with Crippen molar-refractivity contribution >= 4 is 33.4 Å². The maximum Gasteiger partial charge on any atom is 0.255 e. The van der Waals surface area contributed by atoms with Crippen LogP contribution in [0, 0.1) is 5.92 Å². The molecule has 0 saturated heterocycles. The molecule has 0 aliphatic heterocycles. The van der Waals surface area contributed by atoms with E-state index in [2.05, 4.69) is 15.9 Å². The summed E-state index contributed by atoms with van der Waals surface area (Å²) in [6.45, 7) is 0.669. The van der Waals surface area contributed by atoms with E-state index in [-0.39, 0.29) is 12.0 Å². The standard InChI is InChI=1S/C13H15BrClNO2/c1-16(7-8-4-10(17)5-8)13(18)11-3-2-9(14)6-12(11)15/h2-3,6,8,10,17H,4-5,7H2,1H3. The topological polar surface area (TPSA) is 40.5 Å². The molecule has 98 valence electrons. The predicted molar refractivity (Wildman–Crippen MR) is 74.8 cm³/mol. The van der Waals surface area contributed by atoms with E-state index in [0.717, 1.165) is 17.3 Å². The summed E-state index contributed by atoms with van der Waals surface area (Å²) in [5.41, 5.74) is 0.516. The Bertz CT molecular complexity index is 460. The van der Waals surface area contributed by atoms with Gasteiger partial charge >= 0.3 is 0 Å². The average Bonchev–Trinajstić information content (AvgIpc) is 2.26. The van der Waals surface area contributed by atoms with E-state index < -0.39 is 0 Å². The lowest BCUT2D eigenvalue weighted by Crippen LogP contribution is -2.39. The zero-order valence-electron chi connectivity index (χ0n) is 10.1. The molecule has 0 bridgehead atoms. The maximum absolute atomic E-state index is 12.2. The van der Waals surface area contributed by atoms with Crippen LogP contribution in [0.15, 0.2) is 22.7 Å². The zero-order valence-corrected chi connectivity index (χ0v) is 12.4. The Morgan fingerprint density at radius 2 is 2.22 bits per heavy atom. The first-order chi connectivity index (χ1) is 8.47. The number of amides is 1. The highest BCUT2D eigenvalue weighted by Crippen LogP contribution is 2.28. The van der Waals surface area contributed by atoms with Crippen molar-refractivity contribution in [2.75, 3.05) is 13.6 Å². The SMILES string of the molecule is CN(CC1CC(O)C1)C(=O)c1ccc(Br)cc1Cl. The summed E-state index contributed by atoms with van der Waals surface area (Å²) in [7, 11) is 1.77. The number of hydrogen-bond acceptors (Lipinski definition) is 2. The molecule has 1 saturated carbocycles. The smallest absolute Gasteiger partial charge is 0.255 e. The van der Waals surface area contributed by atoms with Crippen molar-refractivity contribution in [3.05, 3.63) is 33.3 Å². The first kappa shape index (κ1) is 13.8. The lowest BCUT2D eigenvalue weighted by atomic mass is 9.82. The normalized spacial score (nSPS) is 22.4. The van der Waals surface area contributed by atoms with Gasteiger partial charge in [-0.05, 0) is 37.0 Å². The third-order valence-electron chi connectivity index (χ3n) is 3.25. The summed E-state index contributed by atoms with van der Waals surface area (Å²) in [5.74, 6) is 0.331. The molecule has 18 heavy (non-hydrogen) atoms. The van der Waals surface area contributed by atoms with Gasteiger partial charge in [0.1, 0.15) is 0 Å². The number of aliphatic hydroxyl groups excluding tert-OH is 1. The molecule has 1 N–H and O–H groups in total. The molecule has 0 heterocycles. The fraction of sp³-hybridized carbons (Fsp3) is 0.462. The van der Waals surface area contributed by atoms with Crippen LogP contribution in [-0.4, -0.2) is 35.6 Å². The molecule has 2 rings (SSSR count). The fourth-order valence-corrected chi connectivity index (χ4v) is 2.94. The monoisotopic (exact) mass is 331 g/mol. The number of carbonyl (C=O) groups is 1. The van der Waals surface area contributed by atoms with Gasteiger partial charge in [0.05, 0.1) is 16.7 Å². The van der Waals surface area contributed by atoms with Crippen LogP contribution < -0.4 is 0 Å². The van der Waals surface area contributed by atoms with Crippen LogP contribution >= 0.6 is 27.5 Å². The number of carbonyl (C=O) groups excluding carboxylic acids is 1. The van der Waals surface area contributed by atoms with Crippen molar-refractivity contribution in [3.63, 3.8) is 0 Å². The van der Waals surface area contributed by atoms with E-state index in [9.17, 15) is 9.90 Å². The molecule has 1 aliphatic rings. The van der Waals surface area contributed by atoms with Crippen molar-refractivity contribution < 1.29 is 9.90 Å². The molecular formula is C13H15BrClNO2. The van der Waals surface area contributed by atoms with Gasteiger partial charge < -0.3 is 10.0 Å². The highest BCUT2D eigenvalue weighted by molar-refractivity contribution is 9.10. The third-order valence-corrected chi connectivity index (χ3v) is 4.06. The minimum absolute atomic E-state index is 0.0751. The van der Waals surface area contributed by atoms with Crippen LogP contribution in [0.1, 0.15) is 23.2 Å². The molecule has 0 radical (unpaired) electrons. The van der Waals surface area contributed by atoms with Gasteiger partial charge in [-0.3, -0.25) is 4.79 Å². The van der Waals surface area contributed by atoms with Gasteiger partial charge in [-0.25, -0.2) is 0 Å². The number of nitrogens with zero attached hydrogens (tertiary/aromatic N) is 1. The number of halogens is 2. The van der Waals surface area contributed by atoms with Crippen LogP contribution in [0.4, 0.5) is 0 Å². The maximum atomic E-state index is 12.2. The summed E-state index contributed by atoms with van der Waals surface area (Å²) in [6.07, 6.45) is 1.38. The molecule has 1 fully saturated rings. The fourth-order valence-electron chi connectivity index (χ4n) is 2.19. The summed E-state index contributed by atoms with van der Waals surface area (Å²) < 4.78 is 0.855. The van der Waals surface area contributed by atoms with Gasteiger partial charge in [0.25, 0.3) is 5.91 Å². The Morgan fingerprint density at radius 3 is 2.78 bits per heavy atom. The van der Waals surface area contributed by atoms with Crippen molar-refractivity contribution in [2.24, 2.45) is 5.92 Å². The highest BCUT2D eigenvalue weighted by Gasteiger charge is 2.29. The van der Waals surface area contributed by atoms with Gasteiger partial charge in [0.2, 0.25) is 0 Å². The average molecular weight is 333 g/mol. The van der Waals surface area contributed by atoms with Crippen LogP contribution in [0.3, 0.4) is 0 Å². The Balaban J connectivity index is 2.01. The zero-order chi connectivity index (χ0) is 13.3. The van der Waals surface area contributed by atoms with Gasteiger partial charge in [0, 0.05) is 18.1 Å². The van der Waals surface area contributed by atoms with E-state index in [1.54, 1.807) is 30.1 Å². The molecule has 0 spiro atoms. The quantitative estimate of drug-likeness (QED) is 0.924. The molecular weight excluding hydrogens is 318 g/mol. The molecule has 1 aromatic carbocycles. The molecule has 1 aromatic rings. The minimum Gasteiger partial charge on any atom is -0.393 e. The lowest BCUT2D eigenvalue weighted by molar-refractivity contribution is 0.0265. The minimum atomic E-state index is -0.185. The molecule has 0 aromatic heterocycles. The van der Waals surface area contributed by atoms with E-state index in [1.165, 1.54) is 0 Å². The van der Waals surface area contributed by atoms with E-state index >= 15 is 0 Å². The van der Waals surface area contributed by atoms with Crippen molar-refractivity contribution in [1.29, 1.82) is 0 Å². The Kier molecular flexibility index (Phi) is 4.30. The Morgan fingerprint density at radius 1 is 1.56 bits per heavy atom. The van der Waals surface area contributed by atoms with E-state index in [0.29, 0.717) is 23.0 Å². The van der Waals surface area contributed by atoms with Crippen LogP contribution in [0.2, 0.25) is 5.02 Å². The van der Waals surface area contributed by atoms with Crippen LogP contribution in [-0.2, 0) is 0 Å². The van der Waals surface area contributed by atoms with Crippen molar-refractivity contribution in [3.8, 4) is 0 Å². The Hall–Kier alpha value is -0.580. The summed E-state index contributed by atoms with van der Waals surface area (Å²) >= 11 is 9.37. The summed E-state index contributed by atoms with van der Waals surface area (Å²) in [4.78, 5) is 13.9. The van der Waals surface area contributed by atoms with Gasteiger partial charge in [0.15, 0.2) is 0 Å². The summed E-state index contributed by atoms with van der Waals surface area (Å²) in [5, 5.41) is 9.69. The first-order valence-electron chi connectivity index (χ1n) is 5.86. The molecule has 1 amide bonds. The Labute approximate surface area is 120 Å². The van der Waals surface area contributed by atoms with Crippen molar-refractivity contribution in [2.45, 2.75) is 18.9 Å². The second-order valence-corrected chi connectivity index (χ2v) is 6.12. The van der Waals surface area contributed by atoms with E-state index in [1.807, 2.05) is 0 Å². The molecule has 3 nitrogen and oxygen atoms in total. The third kappa shape index (κ3) is 3.05. The first-order valence-corrected chi connectivity index (χ1v) is 7.03. The predicted octanol–water partition coefficient (Wildman–Crippen LogP) is 2.95. The van der Waals surface area contributed by atoms with Gasteiger partial charge in [-0.1, -0.05) is 27.5 Å². The molecule has 5 heteroatoms. The second-order valence-electron chi connectivity index (χ2n) is 4.80. The number of benzene rings is 1. The molecule has 0 unspecified atom stereocenters. The van der Waals surface area contributed by atoms with Gasteiger partial charge in [-0.15, -0.1) is 0 Å². The van der Waals surface area contributed by atoms with Crippen molar-refractivity contribution in [1.82, 2.24) is 4.90 Å². The largest absolute Gasteiger partial charge is 0.393 e. The number of hydrogen-bond donors (Lipinski definition) is 1. The van der Waals surface area contributed by atoms with E-state index in [4.69, 9.17) is 11.6 Å². The van der Waals surface area contributed by atoms with Crippen LogP contribution in [0.5, 0.6) is 0 Å². The summed E-state index contributed by atoms with van der Waals surface area (Å²) in [6, 6.07) is 5.25. The second kappa shape index (κ2) is 5.59.